The number of ether oxygens (including phenoxy) is 2. The lowest BCUT2D eigenvalue weighted by Gasteiger charge is -2.06. The third-order valence-corrected chi connectivity index (χ3v) is 4.26. The minimum absolute atomic E-state index is 0.618. The van der Waals surface area contributed by atoms with Gasteiger partial charge < -0.3 is 9.47 Å². The summed E-state index contributed by atoms with van der Waals surface area (Å²) in [5.74, 6) is 2.91. The Labute approximate surface area is 144 Å². The van der Waals surface area contributed by atoms with Gasteiger partial charge in [-0.2, -0.15) is 5.10 Å². The molecule has 0 saturated carbocycles. The standard InChI is InChI=1S/C17H18N4O2S/c1-22-14-9-12(10-15(11-14)23-2)16-19-17(21-20-16)24-8-6-13-5-3-4-7-18-13/h3-5,7,9-11H,6,8H2,1-2H3,(H,19,20,21). The third kappa shape index (κ3) is 4.05. The van der Waals surface area contributed by atoms with Gasteiger partial charge in [-0.25, -0.2) is 4.98 Å². The summed E-state index contributed by atoms with van der Waals surface area (Å²) in [6.45, 7) is 0. The lowest BCUT2D eigenvalue weighted by Crippen LogP contribution is -1.92. The second kappa shape index (κ2) is 7.83. The zero-order chi connectivity index (χ0) is 16.8. The molecule has 1 N–H and O–H groups in total. The molecule has 0 aliphatic rings. The Balaban J connectivity index is 1.67. The first-order valence-corrected chi connectivity index (χ1v) is 8.45. The molecule has 1 aromatic carbocycles. The maximum Gasteiger partial charge on any atom is 0.184 e. The van der Waals surface area contributed by atoms with Gasteiger partial charge in [0.1, 0.15) is 11.5 Å². The van der Waals surface area contributed by atoms with Crippen molar-refractivity contribution in [3.05, 3.63) is 48.3 Å². The van der Waals surface area contributed by atoms with Crippen LogP contribution in [0, 0.1) is 0 Å². The third-order valence-electron chi connectivity index (χ3n) is 3.40. The van der Waals surface area contributed by atoms with Crippen LogP contribution in [0.2, 0.25) is 0 Å². The number of nitrogens with one attached hydrogen (secondary N) is 1. The van der Waals surface area contributed by atoms with Gasteiger partial charge >= 0.3 is 0 Å². The van der Waals surface area contributed by atoms with E-state index in [9.17, 15) is 0 Å². The van der Waals surface area contributed by atoms with Gasteiger partial charge in [0.15, 0.2) is 11.0 Å². The Kier molecular flexibility index (Phi) is 5.32. The molecule has 2 heterocycles. The smallest absolute Gasteiger partial charge is 0.184 e. The SMILES string of the molecule is COc1cc(OC)cc(-c2n[nH]c(SCCc3ccccn3)n2)c1. The van der Waals surface area contributed by atoms with Gasteiger partial charge in [-0.05, 0) is 30.7 Å². The summed E-state index contributed by atoms with van der Waals surface area (Å²) in [6, 6.07) is 11.5. The summed E-state index contributed by atoms with van der Waals surface area (Å²) >= 11 is 1.62. The number of benzene rings is 1. The Morgan fingerprint density at radius 1 is 1.08 bits per heavy atom. The van der Waals surface area contributed by atoms with Crippen molar-refractivity contribution in [2.75, 3.05) is 20.0 Å². The molecule has 124 valence electrons. The molecule has 2 aromatic heterocycles. The average Bonchev–Trinajstić information content (AvgIpc) is 3.11. The highest BCUT2D eigenvalue weighted by Crippen LogP contribution is 2.28. The van der Waals surface area contributed by atoms with Crippen LogP contribution in [0.1, 0.15) is 5.69 Å². The molecule has 6 nitrogen and oxygen atoms in total. The molecule has 7 heteroatoms. The van der Waals surface area contributed by atoms with E-state index in [0.29, 0.717) is 17.3 Å². The van der Waals surface area contributed by atoms with Crippen molar-refractivity contribution in [3.8, 4) is 22.9 Å². The van der Waals surface area contributed by atoms with Crippen LogP contribution in [-0.2, 0) is 6.42 Å². The molecule has 0 fully saturated rings. The first kappa shape index (κ1) is 16.3. The summed E-state index contributed by atoms with van der Waals surface area (Å²) in [5, 5.41) is 8.02. The second-order valence-electron chi connectivity index (χ2n) is 4.99. The highest BCUT2D eigenvalue weighted by atomic mass is 32.2. The van der Waals surface area contributed by atoms with E-state index in [-0.39, 0.29) is 0 Å². The van der Waals surface area contributed by atoms with E-state index in [4.69, 9.17) is 9.47 Å². The predicted octanol–water partition coefficient (Wildman–Crippen LogP) is 3.22. The van der Waals surface area contributed by atoms with Crippen LogP contribution >= 0.6 is 11.8 Å². The minimum atomic E-state index is 0.618. The lowest BCUT2D eigenvalue weighted by atomic mass is 10.2. The predicted molar refractivity (Wildman–Crippen MR) is 93.6 cm³/mol. The number of methoxy groups -OCH3 is 2. The number of nitrogens with zero attached hydrogens (tertiary/aromatic N) is 3. The Morgan fingerprint density at radius 3 is 2.54 bits per heavy atom. The van der Waals surface area contributed by atoms with Crippen molar-refractivity contribution in [2.45, 2.75) is 11.6 Å². The van der Waals surface area contributed by atoms with Crippen molar-refractivity contribution >= 4 is 11.8 Å². The minimum Gasteiger partial charge on any atom is -0.497 e. The number of aromatic nitrogens is 4. The molecule has 24 heavy (non-hydrogen) atoms. The van der Waals surface area contributed by atoms with E-state index >= 15 is 0 Å². The molecule has 3 aromatic rings. The number of hydrogen-bond acceptors (Lipinski definition) is 6. The van der Waals surface area contributed by atoms with Crippen molar-refractivity contribution in [2.24, 2.45) is 0 Å². The van der Waals surface area contributed by atoms with E-state index in [1.54, 1.807) is 26.0 Å². The molecular weight excluding hydrogens is 324 g/mol. The number of aromatic amines is 1. The highest BCUT2D eigenvalue weighted by Gasteiger charge is 2.10. The molecule has 0 aliphatic carbocycles. The van der Waals surface area contributed by atoms with Crippen LogP contribution in [0.3, 0.4) is 0 Å². The van der Waals surface area contributed by atoms with Gasteiger partial charge in [0.2, 0.25) is 0 Å². The molecule has 0 saturated heterocycles. The molecule has 0 atom stereocenters. The van der Waals surface area contributed by atoms with Crippen molar-refractivity contribution < 1.29 is 9.47 Å². The quantitative estimate of drug-likeness (QED) is 0.665. The first-order valence-electron chi connectivity index (χ1n) is 7.47. The number of pyridine rings is 1. The molecular formula is C17H18N4O2S. The molecule has 0 aliphatic heterocycles. The van der Waals surface area contributed by atoms with Crippen LogP contribution < -0.4 is 9.47 Å². The normalized spacial score (nSPS) is 10.6. The average molecular weight is 342 g/mol. The fourth-order valence-corrected chi connectivity index (χ4v) is 2.94. The topological polar surface area (TPSA) is 72.9 Å². The maximum absolute atomic E-state index is 5.28. The molecule has 0 unspecified atom stereocenters. The largest absolute Gasteiger partial charge is 0.497 e. The summed E-state index contributed by atoms with van der Waals surface area (Å²) in [6.07, 6.45) is 2.69. The van der Waals surface area contributed by atoms with E-state index in [2.05, 4.69) is 20.2 Å². The van der Waals surface area contributed by atoms with Gasteiger partial charge in [0, 0.05) is 29.3 Å². The zero-order valence-corrected chi connectivity index (χ0v) is 14.3. The van der Waals surface area contributed by atoms with Gasteiger partial charge in [-0.1, -0.05) is 17.8 Å². The number of hydrogen-bond donors (Lipinski definition) is 1. The molecule has 0 amide bonds. The second-order valence-corrected chi connectivity index (χ2v) is 6.07. The first-order chi connectivity index (χ1) is 11.8. The number of thioether (sulfide) groups is 1. The van der Waals surface area contributed by atoms with Crippen LogP contribution in [0.5, 0.6) is 11.5 Å². The van der Waals surface area contributed by atoms with Crippen LogP contribution in [0.4, 0.5) is 0 Å². The summed E-state index contributed by atoms with van der Waals surface area (Å²) < 4.78 is 10.6. The molecule has 0 radical (unpaired) electrons. The van der Waals surface area contributed by atoms with Gasteiger partial charge in [-0.3, -0.25) is 10.1 Å². The zero-order valence-electron chi connectivity index (χ0n) is 13.5. The lowest BCUT2D eigenvalue weighted by molar-refractivity contribution is 0.394. The molecule has 3 rings (SSSR count). The van der Waals surface area contributed by atoms with Crippen molar-refractivity contribution in [1.29, 1.82) is 0 Å². The highest BCUT2D eigenvalue weighted by molar-refractivity contribution is 7.99. The van der Waals surface area contributed by atoms with Gasteiger partial charge in [-0.15, -0.1) is 0 Å². The van der Waals surface area contributed by atoms with E-state index in [1.807, 2.05) is 42.6 Å². The number of aryl methyl sites for hydroxylation is 1. The summed E-state index contributed by atoms with van der Waals surface area (Å²) in [4.78, 5) is 8.84. The van der Waals surface area contributed by atoms with Crippen LogP contribution in [0.25, 0.3) is 11.4 Å². The summed E-state index contributed by atoms with van der Waals surface area (Å²) in [5.41, 5.74) is 1.92. The van der Waals surface area contributed by atoms with E-state index in [1.165, 1.54) is 0 Å². The monoisotopic (exact) mass is 342 g/mol. The van der Waals surface area contributed by atoms with Crippen molar-refractivity contribution in [3.63, 3.8) is 0 Å². The molecule has 0 bridgehead atoms. The van der Waals surface area contributed by atoms with Crippen LogP contribution in [-0.4, -0.2) is 40.1 Å². The Bertz CT molecular complexity index is 770. The Morgan fingerprint density at radius 2 is 1.88 bits per heavy atom. The molecule has 0 spiro atoms. The van der Waals surface area contributed by atoms with Crippen LogP contribution in [0.15, 0.2) is 47.8 Å². The van der Waals surface area contributed by atoms with Crippen molar-refractivity contribution in [1.82, 2.24) is 20.2 Å². The van der Waals surface area contributed by atoms with E-state index in [0.717, 1.165) is 28.6 Å². The van der Waals surface area contributed by atoms with E-state index < -0.39 is 0 Å². The van der Waals surface area contributed by atoms with Gasteiger partial charge in [0.05, 0.1) is 14.2 Å². The fourth-order valence-electron chi connectivity index (χ4n) is 2.18. The fraction of sp³-hybridized carbons (Fsp3) is 0.235. The number of H-pyrrole nitrogens is 1. The van der Waals surface area contributed by atoms with Gasteiger partial charge in [0.25, 0.3) is 0 Å². The summed E-state index contributed by atoms with van der Waals surface area (Å²) in [7, 11) is 3.24. The number of rotatable bonds is 7. The maximum atomic E-state index is 5.28. The Hall–Kier alpha value is -2.54.